The Bertz CT molecular complexity index is 1330. The number of fused-ring (bicyclic) bond motifs is 1. The van der Waals surface area contributed by atoms with Crippen molar-refractivity contribution in [2.45, 2.75) is 30.8 Å². The maximum absolute atomic E-state index is 13.8. The summed E-state index contributed by atoms with van der Waals surface area (Å²) in [4.78, 5) is 31.8. The fourth-order valence-corrected chi connectivity index (χ4v) is 5.51. The van der Waals surface area contributed by atoms with Gasteiger partial charge < -0.3 is 5.73 Å². The molecule has 0 radical (unpaired) electrons. The number of aromatic nitrogens is 2. The molecule has 0 aliphatic heterocycles. The molecular formula is C23H20ClN3O2S2. The highest BCUT2D eigenvalue weighted by atomic mass is 35.5. The summed E-state index contributed by atoms with van der Waals surface area (Å²) in [6.45, 7) is 4.04. The van der Waals surface area contributed by atoms with Crippen LogP contribution < -0.4 is 11.3 Å². The van der Waals surface area contributed by atoms with Gasteiger partial charge in [-0.3, -0.25) is 14.2 Å². The zero-order valence-corrected chi connectivity index (χ0v) is 19.4. The molecule has 4 aromatic rings. The number of nitrogens with zero attached hydrogens (tertiary/aromatic N) is 2. The summed E-state index contributed by atoms with van der Waals surface area (Å²) in [5.74, 6) is -0.451. The average Bonchev–Trinajstić information content (AvgIpc) is 3.07. The van der Waals surface area contributed by atoms with Gasteiger partial charge in [-0.25, -0.2) is 4.98 Å². The van der Waals surface area contributed by atoms with Gasteiger partial charge in [0, 0.05) is 15.5 Å². The number of halogens is 1. The second-order valence-electron chi connectivity index (χ2n) is 7.16. The van der Waals surface area contributed by atoms with Crippen LogP contribution in [0.25, 0.3) is 21.3 Å². The van der Waals surface area contributed by atoms with Crippen LogP contribution in [0.3, 0.4) is 0 Å². The van der Waals surface area contributed by atoms with Crippen molar-refractivity contribution in [2.24, 2.45) is 5.73 Å². The molecule has 1 amide bonds. The molecule has 2 N–H and O–H groups in total. The Kier molecular flexibility index (Phi) is 6.18. The molecule has 0 spiro atoms. The molecule has 5 nitrogen and oxygen atoms in total. The van der Waals surface area contributed by atoms with Crippen LogP contribution in [0.15, 0.2) is 64.5 Å². The molecule has 2 aromatic carbocycles. The van der Waals surface area contributed by atoms with Crippen molar-refractivity contribution in [3.8, 4) is 11.1 Å². The van der Waals surface area contributed by atoms with Crippen LogP contribution in [0.5, 0.6) is 0 Å². The number of benzene rings is 2. The molecule has 8 heteroatoms. The smallest absolute Gasteiger partial charge is 0.263 e. The largest absolute Gasteiger partial charge is 0.369 e. The van der Waals surface area contributed by atoms with E-state index in [1.807, 2.05) is 55.5 Å². The van der Waals surface area contributed by atoms with E-state index in [-0.39, 0.29) is 5.56 Å². The van der Waals surface area contributed by atoms with Gasteiger partial charge >= 0.3 is 0 Å². The number of primary amides is 1. The molecule has 2 heterocycles. The number of aryl methyl sites for hydroxylation is 1. The first-order valence-electron chi connectivity index (χ1n) is 9.65. The van der Waals surface area contributed by atoms with E-state index >= 15 is 0 Å². The second kappa shape index (κ2) is 8.86. The van der Waals surface area contributed by atoms with E-state index in [0.717, 1.165) is 21.6 Å². The zero-order valence-electron chi connectivity index (χ0n) is 17.0. The summed E-state index contributed by atoms with van der Waals surface area (Å²) in [5.41, 5.74) is 8.02. The maximum atomic E-state index is 13.8. The number of nitrogens with two attached hydrogens (primary N) is 1. The number of carbonyl (C=O) groups excluding carboxylic acids is 1. The molecule has 0 saturated carbocycles. The lowest BCUT2D eigenvalue weighted by Gasteiger charge is -2.14. The van der Waals surface area contributed by atoms with Gasteiger partial charge in [0.25, 0.3) is 5.56 Å². The van der Waals surface area contributed by atoms with E-state index in [0.29, 0.717) is 26.9 Å². The van der Waals surface area contributed by atoms with E-state index in [1.54, 1.807) is 17.6 Å². The number of rotatable bonds is 6. The zero-order chi connectivity index (χ0) is 22.1. The fourth-order valence-electron chi connectivity index (χ4n) is 3.38. The Morgan fingerprint density at radius 2 is 1.97 bits per heavy atom. The highest BCUT2D eigenvalue weighted by molar-refractivity contribution is 8.00. The Morgan fingerprint density at radius 3 is 2.65 bits per heavy atom. The van der Waals surface area contributed by atoms with Gasteiger partial charge in [0.05, 0.1) is 17.2 Å². The number of thioether (sulfide) groups is 1. The third kappa shape index (κ3) is 4.39. The van der Waals surface area contributed by atoms with Crippen molar-refractivity contribution in [1.29, 1.82) is 0 Å². The van der Waals surface area contributed by atoms with Gasteiger partial charge in [0.1, 0.15) is 4.83 Å². The lowest BCUT2D eigenvalue weighted by Crippen LogP contribution is -2.27. The van der Waals surface area contributed by atoms with Crippen LogP contribution in [0.2, 0.25) is 5.02 Å². The molecular weight excluding hydrogens is 450 g/mol. The Hall–Kier alpha value is -2.61. The first-order chi connectivity index (χ1) is 14.8. The van der Waals surface area contributed by atoms with Crippen molar-refractivity contribution < 1.29 is 4.79 Å². The first-order valence-corrected chi connectivity index (χ1v) is 11.7. The van der Waals surface area contributed by atoms with Gasteiger partial charge in [0.15, 0.2) is 5.16 Å². The van der Waals surface area contributed by atoms with Crippen molar-refractivity contribution in [3.63, 3.8) is 0 Å². The molecule has 0 saturated heterocycles. The van der Waals surface area contributed by atoms with E-state index in [2.05, 4.69) is 0 Å². The summed E-state index contributed by atoms with van der Waals surface area (Å²) in [7, 11) is 0. The molecule has 158 valence electrons. The predicted molar refractivity (Wildman–Crippen MR) is 129 cm³/mol. The van der Waals surface area contributed by atoms with Gasteiger partial charge in [-0.15, -0.1) is 11.3 Å². The van der Waals surface area contributed by atoms with Crippen LogP contribution in [0, 0.1) is 6.92 Å². The fraction of sp³-hybridized carbons (Fsp3) is 0.174. The van der Waals surface area contributed by atoms with Crippen LogP contribution >= 0.6 is 34.7 Å². The summed E-state index contributed by atoms with van der Waals surface area (Å²) < 4.78 is 1.63. The van der Waals surface area contributed by atoms with Crippen molar-refractivity contribution in [1.82, 2.24) is 9.55 Å². The Balaban J connectivity index is 1.96. The van der Waals surface area contributed by atoms with E-state index in [4.69, 9.17) is 22.3 Å². The SMILES string of the molecule is Cc1sc2nc(S[C@@H](C)C(N)=O)n(Cc3ccccc3)c(=O)c2c1-c1cccc(Cl)c1. The average molecular weight is 470 g/mol. The minimum absolute atomic E-state index is 0.146. The summed E-state index contributed by atoms with van der Waals surface area (Å²) >= 11 is 8.88. The van der Waals surface area contributed by atoms with Crippen molar-refractivity contribution in [2.75, 3.05) is 0 Å². The molecule has 31 heavy (non-hydrogen) atoms. The lowest BCUT2D eigenvalue weighted by molar-refractivity contribution is -0.117. The minimum atomic E-state index is -0.514. The van der Waals surface area contributed by atoms with Gasteiger partial charge in [-0.1, -0.05) is 65.8 Å². The maximum Gasteiger partial charge on any atom is 0.263 e. The number of carbonyl (C=O) groups is 1. The Labute approximate surface area is 192 Å². The third-order valence-electron chi connectivity index (χ3n) is 4.93. The van der Waals surface area contributed by atoms with Crippen LogP contribution in [0.1, 0.15) is 17.4 Å². The van der Waals surface area contributed by atoms with Crippen LogP contribution in [0.4, 0.5) is 0 Å². The quantitative estimate of drug-likeness (QED) is 0.314. The Morgan fingerprint density at radius 1 is 1.23 bits per heavy atom. The molecule has 0 fully saturated rings. The topological polar surface area (TPSA) is 78.0 Å². The molecule has 1 atom stereocenters. The van der Waals surface area contributed by atoms with Gasteiger partial charge in [-0.05, 0) is 37.1 Å². The number of hydrogen-bond donors (Lipinski definition) is 1. The molecule has 0 bridgehead atoms. The van der Waals surface area contributed by atoms with Crippen LogP contribution in [-0.2, 0) is 11.3 Å². The standard InChI is InChI=1S/C23H20ClN3O2S2/c1-13-18(16-9-6-10-17(24)11-16)19-21(30-13)26-23(31-14(2)20(25)28)27(22(19)29)12-15-7-4-3-5-8-15/h3-11,14H,12H2,1-2H3,(H2,25,28)/t14-/m0/s1. The normalized spacial score (nSPS) is 12.2. The van der Waals surface area contributed by atoms with Gasteiger partial charge in [0.2, 0.25) is 5.91 Å². The third-order valence-corrected chi connectivity index (χ3v) is 7.27. The molecule has 0 unspecified atom stereocenters. The van der Waals surface area contributed by atoms with E-state index in [1.165, 1.54) is 23.1 Å². The van der Waals surface area contributed by atoms with E-state index in [9.17, 15) is 9.59 Å². The van der Waals surface area contributed by atoms with Crippen molar-refractivity contribution >= 4 is 50.8 Å². The monoisotopic (exact) mass is 469 g/mol. The summed E-state index contributed by atoms with van der Waals surface area (Å²) in [5, 5.41) is 1.14. The van der Waals surface area contributed by atoms with Crippen LogP contribution in [-0.4, -0.2) is 20.7 Å². The lowest BCUT2D eigenvalue weighted by atomic mass is 10.0. The number of hydrogen-bond acceptors (Lipinski definition) is 5. The molecule has 4 rings (SSSR count). The van der Waals surface area contributed by atoms with E-state index < -0.39 is 11.2 Å². The van der Waals surface area contributed by atoms with Crippen molar-refractivity contribution in [3.05, 3.63) is 80.4 Å². The predicted octanol–water partition coefficient (Wildman–Crippen LogP) is 5.10. The summed E-state index contributed by atoms with van der Waals surface area (Å²) in [6, 6.07) is 17.2. The highest BCUT2D eigenvalue weighted by Gasteiger charge is 2.22. The number of thiophene rings is 1. The summed E-state index contributed by atoms with van der Waals surface area (Å²) in [6.07, 6.45) is 0. The van der Waals surface area contributed by atoms with Gasteiger partial charge in [-0.2, -0.15) is 0 Å². The number of amides is 1. The second-order valence-corrected chi connectivity index (χ2v) is 10.1. The molecule has 0 aliphatic rings. The molecule has 0 aliphatic carbocycles. The molecule has 2 aromatic heterocycles. The first kappa shape index (κ1) is 21.6. The minimum Gasteiger partial charge on any atom is -0.369 e. The highest BCUT2D eigenvalue weighted by Crippen LogP contribution is 2.37.